The van der Waals surface area contributed by atoms with Gasteiger partial charge in [0, 0.05) is 11.7 Å². The van der Waals surface area contributed by atoms with Crippen LogP contribution in [-0.2, 0) is 0 Å². The molecule has 0 spiro atoms. The number of hydrogen-bond donors (Lipinski definition) is 1. The Hall–Kier alpha value is -1.58. The molecule has 0 saturated carbocycles. The Labute approximate surface area is 95.7 Å². The van der Waals surface area contributed by atoms with Crippen molar-refractivity contribution in [3.8, 4) is 0 Å². The third-order valence-corrected chi connectivity index (χ3v) is 2.91. The van der Waals surface area contributed by atoms with Crippen LogP contribution in [0.1, 0.15) is 26.5 Å². The van der Waals surface area contributed by atoms with E-state index in [1.807, 2.05) is 29.6 Å². The number of aromatic nitrogens is 3. The molecule has 4 nitrogen and oxygen atoms in total. The summed E-state index contributed by atoms with van der Waals surface area (Å²) in [5, 5.41) is 7.74. The molecule has 1 N–H and O–H groups in total. The Bertz CT molecular complexity index is 487. The maximum atomic E-state index is 4.44. The number of aryl methyl sites for hydroxylation is 1. The van der Waals surface area contributed by atoms with Gasteiger partial charge >= 0.3 is 0 Å². The molecule has 16 heavy (non-hydrogen) atoms. The lowest BCUT2D eigenvalue weighted by Crippen LogP contribution is -2.22. The van der Waals surface area contributed by atoms with Gasteiger partial charge in [-0.25, -0.2) is 4.52 Å². The highest BCUT2D eigenvalue weighted by Gasteiger charge is 2.10. The number of nitrogens with one attached hydrogen (secondary N) is 1. The van der Waals surface area contributed by atoms with Gasteiger partial charge in [0.15, 0.2) is 5.65 Å². The van der Waals surface area contributed by atoms with Crippen molar-refractivity contribution in [2.45, 2.75) is 33.7 Å². The summed E-state index contributed by atoms with van der Waals surface area (Å²) in [4.78, 5) is 4.44. The summed E-state index contributed by atoms with van der Waals surface area (Å²) in [6.07, 6.45) is 0. The quantitative estimate of drug-likeness (QED) is 0.860. The highest BCUT2D eigenvalue weighted by molar-refractivity contribution is 5.44. The summed E-state index contributed by atoms with van der Waals surface area (Å²) in [5.74, 6) is 1.27. The maximum absolute atomic E-state index is 4.44. The maximum Gasteiger partial charge on any atom is 0.243 e. The Morgan fingerprint density at radius 1 is 1.25 bits per heavy atom. The Balaban J connectivity index is 2.30. The van der Waals surface area contributed by atoms with E-state index in [2.05, 4.69) is 36.2 Å². The van der Waals surface area contributed by atoms with Crippen molar-refractivity contribution in [1.82, 2.24) is 14.6 Å². The summed E-state index contributed by atoms with van der Waals surface area (Å²) in [5.41, 5.74) is 1.98. The largest absolute Gasteiger partial charge is 0.350 e. The van der Waals surface area contributed by atoms with Crippen molar-refractivity contribution in [2.75, 3.05) is 5.32 Å². The number of hydrogen-bond acceptors (Lipinski definition) is 3. The summed E-state index contributed by atoms with van der Waals surface area (Å²) in [6, 6.07) is 6.36. The minimum absolute atomic E-state index is 0.373. The van der Waals surface area contributed by atoms with E-state index in [1.54, 1.807) is 0 Å². The Kier molecular flexibility index (Phi) is 2.81. The van der Waals surface area contributed by atoms with E-state index in [0.717, 1.165) is 11.3 Å². The van der Waals surface area contributed by atoms with Crippen molar-refractivity contribution in [2.24, 2.45) is 5.92 Å². The average Bonchev–Trinajstić information content (AvgIpc) is 2.61. The fourth-order valence-electron chi connectivity index (χ4n) is 1.47. The van der Waals surface area contributed by atoms with Crippen LogP contribution in [0, 0.1) is 12.8 Å². The van der Waals surface area contributed by atoms with Crippen LogP contribution in [0.3, 0.4) is 0 Å². The van der Waals surface area contributed by atoms with Crippen LogP contribution >= 0.6 is 0 Å². The van der Waals surface area contributed by atoms with Crippen LogP contribution < -0.4 is 5.32 Å². The molecule has 0 aromatic carbocycles. The van der Waals surface area contributed by atoms with Crippen molar-refractivity contribution in [3.05, 3.63) is 23.9 Å². The zero-order valence-corrected chi connectivity index (χ0v) is 10.2. The molecule has 0 aliphatic heterocycles. The molecule has 2 heterocycles. The second-order valence-corrected chi connectivity index (χ2v) is 4.55. The second-order valence-electron chi connectivity index (χ2n) is 4.55. The van der Waals surface area contributed by atoms with Crippen LogP contribution in [0.15, 0.2) is 18.2 Å². The standard InChI is InChI=1S/C12H18N4/c1-8(2)10(4)13-12-14-11-7-5-6-9(3)16(11)15-12/h5-8,10H,1-4H3,(H,13,15). The number of nitrogens with zero attached hydrogens (tertiary/aromatic N) is 3. The van der Waals surface area contributed by atoms with Crippen LogP contribution in [0.2, 0.25) is 0 Å². The van der Waals surface area contributed by atoms with Crippen LogP contribution in [0.5, 0.6) is 0 Å². The van der Waals surface area contributed by atoms with Crippen LogP contribution in [0.4, 0.5) is 5.95 Å². The lowest BCUT2D eigenvalue weighted by molar-refractivity contribution is 0.556. The van der Waals surface area contributed by atoms with Gasteiger partial charge in [-0.2, -0.15) is 4.98 Å². The fraction of sp³-hybridized carbons (Fsp3) is 0.500. The Morgan fingerprint density at radius 3 is 2.62 bits per heavy atom. The predicted octanol–water partition coefficient (Wildman–Crippen LogP) is 2.49. The third-order valence-electron chi connectivity index (χ3n) is 2.91. The molecule has 2 aromatic rings. The molecule has 86 valence electrons. The van der Waals surface area contributed by atoms with Gasteiger partial charge in [0.05, 0.1) is 0 Å². The van der Waals surface area contributed by atoms with Crippen molar-refractivity contribution in [3.63, 3.8) is 0 Å². The van der Waals surface area contributed by atoms with Gasteiger partial charge in [-0.15, -0.1) is 5.10 Å². The van der Waals surface area contributed by atoms with Gasteiger partial charge in [-0.05, 0) is 31.9 Å². The van der Waals surface area contributed by atoms with E-state index in [9.17, 15) is 0 Å². The first kappa shape index (κ1) is 10.9. The minimum atomic E-state index is 0.373. The highest BCUT2D eigenvalue weighted by atomic mass is 15.4. The van der Waals surface area contributed by atoms with E-state index in [0.29, 0.717) is 17.9 Å². The Morgan fingerprint density at radius 2 is 2.00 bits per heavy atom. The monoisotopic (exact) mass is 218 g/mol. The van der Waals surface area contributed by atoms with Gasteiger partial charge < -0.3 is 5.32 Å². The van der Waals surface area contributed by atoms with E-state index >= 15 is 0 Å². The van der Waals surface area contributed by atoms with Crippen molar-refractivity contribution >= 4 is 11.6 Å². The van der Waals surface area contributed by atoms with Crippen molar-refractivity contribution < 1.29 is 0 Å². The molecule has 0 fully saturated rings. The number of anilines is 1. The van der Waals surface area contributed by atoms with Gasteiger partial charge in [0.2, 0.25) is 5.95 Å². The molecule has 4 heteroatoms. The van der Waals surface area contributed by atoms with Gasteiger partial charge in [-0.3, -0.25) is 0 Å². The molecule has 0 aliphatic carbocycles. The molecule has 2 aromatic heterocycles. The molecule has 1 atom stereocenters. The lowest BCUT2D eigenvalue weighted by Gasteiger charge is -2.15. The van der Waals surface area contributed by atoms with Crippen molar-refractivity contribution in [1.29, 1.82) is 0 Å². The number of pyridine rings is 1. The number of rotatable bonds is 3. The predicted molar refractivity (Wildman–Crippen MR) is 65.6 cm³/mol. The second kappa shape index (κ2) is 4.12. The summed E-state index contributed by atoms with van der Waals surface area (Å²) >= 11 is 0. The molecule has 0 aliphatic rings. The first-order chi connectivity index (χ1) is 7.58. The SMILES string of the molecule is Cc1cccc2nc(NC(C)C(C)C)nn12. The zero-order valence-electron chi connectivity index (χ0n) is 10.2. The lowest BCUT2D eigenvalue weighted by atomic mass is 10.1. The first-order valence-electron chi connectivity index (χ1n) is 5.67. The molecule has 0 bridgehead atoms. The summed E-state index contributed by atoms with van der Waals surface area (Å²) in [7, 11) is 0. The average molecular weight is 218 g/mol. The fourth-order valence-corrected chi connectivity index (χ4v) is 1.47. The summed E-state index contributed by atoms with van der Waals surface area (Å²) < 4.78 is 1.86. The minimum Gasteiger partial charge on any atom is -0.350 e. The normalized spacial score (nSPS) is 13.3. The van der Waals surface area contributed by atoms with Gasteiger partial charge in [-0.1, -0.05) is 19.9 Å². The molecular weight excluding hydrogens is 200 g/mol. The van der Waals surface area contributed by atoms with Gasteiger partial charge in [0.25, 0.3) is 0 Å². The van der Waals surface area contributed by atoms with E-state index in [4.69, 9.17) is 0 Å². The molecule has 1 unspecified atom stereocenters. The molecule has 0 saturated heterocycles. The smallest absolute Gasteiger partial charge is 0.243 e. The molecule has 2 rings (SSSR count). The van der Waals surface area contributed by atoms with E-state index < -0.39 is 0 Å². The number of fused-ring (bicyclic) bond motifs is 1. The van der Waals surface area contributed by atoms with E-state index in [-0.39, 0.29) is 0 Å². The molecule has 0 amide bonds. The van der Waals surface area contributed by atoms with Crippen LogP contribution in [-0.4, -0.2) is 20.6 Å². The van der Waals surface area contributed by atoms with Gasteiger partial charge in [0.1, 0.15) is 0 Å². The molecule has 0 radical (unpaired) electrons. The zero-order chi connectivity index (χ0) is 11.7. The highest BCUT2D eigenvalue weighted by Crippen LogP contribution is 2.11. The summed E-state index contributed by atoms with van der Waals surface area (Å²) in [6.45, 7) is 8.53. The van der Waals surface area contributed by atoms with Crippen LogP contribution in [0.25, 0.3) is 5.65 Å². The first-order valence-corrected chi connectivity index (χ1v) is 5.67. The topological polar surface area (TPSA) is 42.2 Å². The van der Waals surface area contributed by atoms with E-state index in [1.165, 1.54) is 0 Å². The molecular formula is C12H18N4. The third kappa shape index (κ3) is 2.01.